The van der Waals surface area contributed by atoms with E-state index in [4.69, 9.17) is 4.74 Å². The van der Waals surface area contributed by atoms with Crippen molar-refractivity contribution in [2.75, 3.05) is 32.8 Å². The van der Waals surface area contributed by atoms with Gasteiger partial charge in [-0.1, -0.05) is 17.7 Å². The van der Waals surface area contributed by atoms with Crippen molar-refractivity contribution in [1.29, 1.82) is 0 Å². The second kappa shape index (κ2) is 10.4. The third kappa shape index (κ3) is 6.38. The number of hydrogen-bond donors (Lipinski definition) is 2. The smallest absolute Gasteiger partial charge is 0.229 e. The van der Waals surface area contributed by atoms with Crippen LogP contribution in [-0.2, 0) is 9.59 Å². The van der Waals surface area contributed by atoms with Gasteiger partial charge < -0.3 is 15.4 Å². The Labute approximate surface area is 154 Å². The Kier molecular flexibility index (Phi) is 7.92. The summed E-state index contributed by atoms with van der Waals surface area (Å²) in [5.74, 6) is 1.29. The molecule has 0 atom stereocenters. The molecule has 0 bridgehead atoms. The minimum atomic E-state index is -0.0964. The number of piperidine rings is 1. The number of benzene rings is 1. The van der Waals surface area contributed by atoms with Gasteiger partial charge in [0.1, 0.15) is 12.4 Å². The predicted octanol–water partition coefficient (Wildman–Crippen LogP) is 1.47. The summed E-state index contributed by atoms with van der Waals surface area (Å²) in [6, 6.07) is 7.91. The first kappa shape index (κ1) is 19.8. The van der Waals surface area contributed by atoms with E-state index in [1.54, 1.807) is 0 Å². The molecule has 2 N–H and O–H groups in total. The van der Waals surface area contributed by atoms with Crippen LogP contribution in [0.25, 0.3) is 0 Å². The fraction of sp³-hybridized carbons (Fsp3) is 0.526. The number of nitrogens with zero attached hydrogens (tertiary/aromatic N) is 2. The molecule has 0 radical (unpaired) electrons. The second-order valence-electron chi connectivity index (χ2n) is 6.14. The molecule has 1 aromatic rings. The highest BCUT2D eigenvalue weighted by atomic mass is 16.5. The van der Waals surface area contributed by atoms with Crippen molar-refractivity contribution in [2.24, 2.45) is 4.99 Å². The lowest BCUT2D eigenvalue weighted by molar-refractivity contribution is -0.147. The van der Waals surface area contributed by atoms with Crippen LogP contribution in [0.4, 0.5) is 0 Å². The van der Waals surface area contributed by atoms with E-state index in [1.165, 1.54) is 10.5 Å². The third-order valence-corrected chi connectivity index (χ3v) is 4.01. The molecule has 0 aromatic heterocycles. The molecular weight excluding hydrogens is 332 g/mol. The summed E-state index contributed by atoms with van der Waals surface area (Å²) < 4.78 is 5.67. The molecule has 0 aliphatic carbocycles. The summed E-state index contributed by atoms with van der Waals surface area (Å²) in [4.78, 5) is 29.3. The number of nitrogens with one attached hydrogen (secondary N) is 2. The van der Waals surface area contributed by atoms with Gasteiger partial charge >= 0.3 is 0 Å². The van der Waals surface area contributed by atoms with Gasteiger partial charge in [-0.05, 0) is 32.4 Å². The lowest BCUT2D eigenvalue weighted by Gasteiger charge is -2.24. The summed E-state index contributed by atoms with van der Waals surface area (Å²) in [6.45, 7) is 6.57. The highest BCUT2D eigenvalue weighted by Gasteiger charge is 2.24. The average molecular weight is 360 g/mol. The topological polar surface area (TPSA) is 83.0 Å². The molecule has 2 amide bonds. The minimum absolute atomic E-state index is 0.0964. The second-order valence-corrected chi connectivity index (χ2v) is 6.14. The van der Waals surface area contributed by atoms with Crippen LogP contribution in [0.1, 0.15) is 31.7 Å². The van der Waals surface area contributed by atoms with Crippen LogP contribution in [0, 0.1) is 6.92 Å². The SMILES string of the molecule is CCNC(=NCCN1C(=O)CCCC1=O)NCCOc1ccc(C)cc1. The number of aryl methyl sites for hydroxylation is 1. The van der Waals surface area contributed by atoms with Crippen molar-refractivity contribution in [3.8, 4) is 5.75 Å². The zero-order valence-corrected chi connectivity index (χ0v) is 15.6. The Bertz CT molecular complexity index is 612. The molecule has 142 valence electrons. The van der Waals surface area contributed by atoms with Crippen LogP contribution in [0.2, 0.25) is 0 Å². The van der Waals surface area contributed by atoms with Gasteiger partial charge in [0.25, 0.3) is 0 Å². The highest BCUT2D eigenvalue weighted by Crippen LogP contribution is 2.12. The predicted molar refractivity (Wildman–Crippen MR) is 101 cm³/mol. The Morgan fingerprint density at radius 3 is 2.50 bits per heavy atom. The molecule has 2 rings (SSSR count). The van der Waals surface area contributed by atoms with Crippen LogP contribution in [0.5, 0.6) is 5.75 Å². The Balaban J connectivity index is 1.74. The molecule has 0 spiro atoms. The Morgan fingerprint density at radius 1 is 1.15 bits per heavy atom. The lowest BCUT2D eigenvalue weighted by Crippen LogP contribution is -2.43. The summed E-state index contributed by atoms with van der Waals surface area (Å²) in [5, 5.41) is 6.33. The van der Waals surface area contributed by atoms with Crippen molar-refractivity contribution in [3.05, 3.63) is 29.8 Å². The number of carbonyl (C=O) groups excluding carboxylic acids is 2. The highest BCUT2D eigenvalue weighted by molar-refractivity contribution is 5.97. The van der Waals surface area contributed by atoms with Gasteiger partial charge in [-0.15, -0.1) is 0 Å². The van der Waals surface area contributed by atoms with Gasteiger partial charge in [-0.3, -0.25) is 19.5 Å². The summed E-state index contributed by atoms with van der Waals surface area (Å²) in [5.41, 5.74) is 1.20. The molecule has 1 aliphatic rings. The monoisotopic (exact) mass is 360 g/mol. The first-order valence-electron chi connectivity index (χ1n) is 9.15. The largest absolute Gasteiger partial charge is 0.492 e. The van der Waals surface area contributed by atoms with Crippen molar-refractivity contribution in [1.82, 2.24) is 15.5 Å². The summed E-state index contributed by atoms with van der Waals surface area (Å²) in [6.07, 6.45) is 1.55. The van der Waals surface area contributed by atoms with E-state index in [9.17, 15) is 9.59 Å². The van der Waals surface area contributed by atoms with Gasteiger partial charge in [0, 0.05) is 25.9 Å². The molecule has 1 saturated heterocycles. The number of carbonyl (C=O) groups is 2. The van der Waals surface area contributed by atoms with Crippen molar-refractivity contribution in [2.45, 2.75) is 33.1 Å². The minimum Gasteiger partial charge on any atom is -0.492 e. The van der Waals surface area contributed by atoms with Gasteiger partial charge in [0.2, 0.25) is 11.8 Å². The van der Waals surface area contributed by atoms with Crippen molar-refractivity contribution < 1.29 is 14.3 Å². The number of imide groups is 1. The molecule has 1 heterocycles. The Hall–Kier alpha value is -2.57. The molecular formula is C19H28N4O3. The molecule has 7 nitrogen and oxygen atoms in total. The maximum Gasteiger partial charge on any atom is 0.229 e. The average Bonchev–Trinajstić information content (AvgIpc) is 2.62. The van der Waals surface area contributed by atoms with E-state index in [-0.39, 0.29) is 11.8 Å². The molecule has 0 saturated carbocycles. The van der Waals surface area contributed by atoms with E-state index < -0.39 is 0 Å². The fourth-order valence-corrected chi connectivity index (χ4v) is 2.63. The quantitative estimate of drug-likeness (QED) is 0.317. The zero-order chi connectivity index (χ0) is 18.8. The number of rotatable bonds is 8. The molecule has 1 fully saturated rings. The van der Waals surface area contributed by atoms with Crippen molar-refractivity contribution in [3.63, 3.8) is 0 Å². The number of likely N-dealkylation sites (tertiary alicyclic amines) is 1. The number of aliphatic imine (C=N–C) groups is 1. The van der Waals surface area contributed by atoms with Gasteiger partial charge in [-0.25, -0.2) is 0 Å². The van der Waals surface area contributed by atoms with E-state index in [2.05, 4.69) is 15.6 Å². The molecule has 7 heteroatoms. The van der Waals surface area contributed by atoms with E-state index in [0.717, 1.165) is 12.3 Å². The third-order valence-electron chi connectivity index (χ3n) is 4.01. The normalized spacial score (nSPS) is 15.2. The van der Waals surface area contributed by atoms with E-state index in [0.29, 0.717) is 51.5 Å². The van der Waals surface area contributed by atoms with Crippen LogP contribution < -0.4 is 15.4 Å². The number of ether oxygens (including phenoxy) is 1. The van der Waals surface area contributed by atoms with Gasteiger partial charge in [-0.2, -0.15) is 0 Å². The van der Waals surface area contributed by atoms with Gasteiger partial charge in [0.05, 0.1) is 13.1 Å². The van der Waals surface area contributed by atoms with Crippen LogP contribution in [0.15, 0.2) is 29.3 Å². The Morgan fingerprint density at radius 2 is 1.85 bits per heavy atom. The summed E-state index contributed by atoms with van der Waals surface area (Å²) in [7, 11) is 0. The number of amides is 2. The molecule has 0 unspecified atom stereocenters. The standard InChI is InChI=1S/C19H28N4O3/c1-3-20-19(21-11-13-23-17(24)5-4-6-18(23)25)22-12-14-26-16-9-7-15(2)8-10-16/h7-10H,3-6,11-14H2,1-2H3,(H2,20,21,22). The van der Waals surface area contributed by atoms with Crippen LogP contribution >= 0.6 is 0 Å². The summed E-state index contributed by atoms with van der Waals surface area (Å²) >= 11 is 0. The van der Waals surface area contributed by atoms with Crippen LogP contribution in [0.3, 0.4) is 0 Å². The maximum absolute atomic E-state index is 11.8. The number of guanidine groups is 1. The molecule has 1 aromatic carbocycles. The lowest BCUT2D eigenvalue weighted by atomic mass is 10.1. The molecule has 1 aliphatic heterocycles. The van der Waals surface area contributed by atoms with Crippen LogP contribution in [-0.4, -0.2) is 55.5 Å². The zero-order valence-electron chi connectivity index (χ0n) is 15.6. The fourth-order valence-electron chi connectivity index (χ4n) is 2.63. The molecule has 26 heavy (non-hydrogen) atoms. The van der Waals surface area contributed by atoms with Gasteiger partial charge in [0.15, 0.2) is 5.96 Å². The number of hydrogen-bond acceptors (Lipinski definition) is 4. The van der Waals surface area contributed by atoms with Crippen molar-refractivity contribution >= 4 is 17.8 Å². The first-order chi connectivity index (χ1) is 12.6. The van der Waals surface area contributed by atoms with E-state index >= 15 is 0 Å². The van der Waals surface area contributed by atoms with E-state index in [1.807, 2.05) is 38.1 Å². The maximum atomic E-state index is 11.8. The first-order valence-corrected chi connectivity index (χ1v) is 9.15.